The Morgan fingerprint density at radius 2 is 1.81 bits per heavy atom. The molecular weight excluding hydrogens is 396 g/mol. The molecule has 1 heterocycles. The molecule has 0 saturated heterocycles. The van der Waals surface area contributed by atoms with Crippen molar-refractivity contribution in [2.45, 2.75) is 20.4 Å². The van der Waals surface area contributed by atoms with Gasteiger partial charge in [0.05, 0.1) is 13.2 Å². The third kappa shape index (κ3) is 4.59. The number of aromatic amines is 1. The number of aryl methyl sites for hydroxylation is 1. The summed E-state index contributed by atoms with van der Waals surface area (Å²) in [6.07, 6.45) is 0. The number of hydrogen-bond acceptors (Lipinski definition) is 5. The molecule has 0 saturated carbocycles. The number of carbonyl (C=O) groups is 1. The van der Waals surface area contributed by atoms with Crippen LogP contribution in [0.25, 0.3) is 0 Å². The van der Waals surface area contributed by atoms with Crippen LogP contribution >= 0.6 is 0 Å². The SMILES string of the molecule is COCCN(C(=O)c1cccc(C)c1C)c1c(N)n(Cc2ccccc2)c(=O)[nH]c1=O. The van der Waals surface area contributed by atoms with Crippen LogP contribution in [0.3, 0.4) is 0 Å². The highest BCUT2D eigenvalue weighted by Crippen LogP contribution is 2.22. The zero-order valence-electron chi connectivity index (χ0n) is 17.8. The summed E-state index contributed by atoms with van der Waals surface area (Å²) in [5.74, 6) is -0.465. The minimum absolute atomic E-state index is 0.0708. The van der Waals surface area contributed by atoms with Crippen molar-refractivity contribution in [3.05, 3.63) is 91.6 Å². The molecule has 3 aromatic rings. The Morgan fingerprint density at radius 1 is 1.10 bits per heavy atom. The number of nitrogens with zero attached hydrogens (tertiary/aromatic N) is 2. The largest absolute Gasteiger partial charge is 0.383 e. The van der Waals surface area contributed by atoms with Crippen LogP contribution in [0.4, 0.5) is 11.5 Å². The summed E-state index contributed by atoms with van der Waals surface area (Å²) < 4.78 is 6.40. The molecule has 0 unspecified atom stereocenters. The number of ether oxygens (including phenoxy) is 1. The number of nitrogen functional groups attached to an aromatic ring is 1. The molecule has 8 nitrogen and oxygen atoms in total. The number of anilines is 2. The second-order valence-electron chi connectivity index (χ2n) is 7.26. The smallest absolute Gasteiger partial charge is 0.330 e. The van der Waals surface area contributed by atoms with Crippen LogP contribution in [0.1, 0.15) is 27.0 Å². The summed E-state index contributed by atoms with van der Waals surface area (Å²) in [6.45, 7) is 4.20. The molecule has 31 heavy (non-hydrogen) atoms. The first-order chi connectivity index (χ1) is 14.8. The van der Waals surface area contributed by atoms with Crippen LogP contribution in [0.2, 0.25) is 0 Å². The number of amides is 1. The minimum Gasteiger partial charge on any atom is -0.383 e. The third-order valence-corrected chi connectivity index (χ3v) is 5.27. The number of nitrogens with one attached hydrogen (secondary N) is 1. The van der Waals surface area contributed by atoms with Gasteiger partial charge in [0.25, 0.3) is 11.5 Å². The van der Waals surface area contributed by atoms with E-state index in [4.69, 9.17) is 10.5 Å². The van der Waals surface area contributed by atoms with E-state index in [1.165, 1.54) is 16.6 Å². The Labute approximate surface area is 179 Å². The molecule has 8 heteroatoms. The second kappa shape index (κ2) is 9.44. The predicted molar refractivity (Wildman–Crippen MR) is 121 cm³/mol. The van der Waals surface area contributed by atoms with Crippen molar-refractivity contribution < 1.29 is 9.53 Å². The monoisotopic (exact) mass is 422 g/mol. The number of rotatable bonds is 7. The highest BCUT2D eigenvalue weighted by atomic mass is 16.5. The maximum atomic E-state index is 13.5. The van der Waals surface area contributed by atoms with Crippen molar-refractivity contribution in [1.29, 1.82) is 0 Å². The average molecular weight is 422 g/mol. The molecule has 1 aromatic heterocycles. The molecule has 0 aliphatic rings. The minimum atomic E-state index is -0.721. The van der Waals surface area contributed by atoms with Gasteiger partial charge in [-0.15, -0.1) is 0 Å². The quantitative estimate of drug-likeness (QED) is 0.606. The van der Waals surface area contributed by atoms with Crippen molar-refractivity contribution in [3.63, 3.8) is 0 Å². The molecule has 3 N–H and O–H groups in total. The predicted octanol–water partition coefficient (Wildman–Crippen LogP) is 2.08. The fourth-order valence-corrected chi connectivity index (χ4v) is 3.39. The van der Waals surface area contributed by atoms with Crippen LogP contribution in [-0.4, -0.2) is 35.7 Å². The number of benzene rings is 2. The highest BCUT2D eigenvalue weighted by molar-refractivity contribution is 6.08. The molecule has 0 spiro atoms. The van der Waals surface area contributed by atoms with E-state index < -0.39 is 11.2 Å². The summed E-state index contributed by atoms with van der Waals surface area (Å²) in [4.78, 5) is 42.3. The van der Waals surface area contributed by atoms with E-state index in [-0.39, 0.29) is 37.1 Å². The topological polar surface area (TPSA) is 110 Å². The molecule has 2 aromatic carbocycles. The Bertz CT molecular complexity index is 1200. The molecule has 0 fully saturated rings. The van der Waals surface area contributed by atoms with Crippen LogP contribution in [0, 0.1) is 13.8 Å². The van der Waals surface area contributed by atoms with E-state index in [0.29, 0.717) is 5.56 Å². The standard InChI is InChI=1S/C23H26N4O4/c1-15-8-7-11-18(16(15)2)22(29)26(12-13-31-3)19-20(24)27(23(30)25-21(19)28)14-17-9-5-4-6-10-17/h4-11H,12-14,24H2,1-3H3,(H,25,28,30). The van der Waals surface area contributed by atoms with Gasteiger partial charge in [-0.25, -0.2) is 4.79 Å². The summed E-state index contributed by atoms with van der Waals surface area (Å²) in [6, 6.07) is 14.6. The molecule has 162 valence electrons. The number of nitrogens with two attached hydrogens (primary N) is 1. The first-order valence-electron chi connectivity index (χ1n) is 9.88. The van der Waals surface area contributed by atoms with Gasteiger partial charge in [0.15, 0.2) is 5.69 Å². The number of aromatic nitrogens is 2. The Hall–Kier alpha value is -3.65. The van der Waals surface area contributed by atoms with Gasteiger partial charge in [0.2, 0.25) is 0 Å². The Kier molecular flexibility index (Phi) is 6.71. The summed E-state index contributed by atoms with van der Waals surface area (Å²) in [5, 5.41) is 0. The zero-order valence-corrected chi connectivity index (χ0v) is 17.8. The average Bonchev–Trinajstić information content (AvgIpc) is 2.75. The van der Waals surface area contributed by atoms with Gasteiger partial charge in [-0.1, -0.05) is 42.5 Å². The highest BCUT2D eigenvalue weighted by Gasteiger charge is 2.26. The van der Waals surface area contributed by atoms with E-state index in [1.54, 1.807) is 12.1 Å². The fourth-order valence-electron chi connectivity index (χ4n) is 3.39. The van der Waals surface area contributed by atoms with Gasteiger partial charge >= 0.3 is 5.69 Å². The van der Waals surface area contributed by atoms with Crippen molar-refractivity contribution in [3.8, 4) is 0 Å². The zero-order chi connectivity index (χ0) is 22.5. The van der Waals surface area contributed by atoms with Gasteiger partial charge < -0.3 is 10.5 Å². The van der Waals surface area contributed by atoms with E-state index in [1.807, 2.05) is 50.2 Å². The fraction of sp³-hybridized carbons (Fsp3) is 0.261. The Morgan fingerprint density at radius 3 is 2.48 bits per heavy atom. The number of methoxy groups -OCH3 is 1. The lowest BCUT2D eigenvalue weighted by atomic mass is 10.0. The third-order valence-electron chi connectivity index (χ3n) is 5.27. The number of hydrogen-bond donors (Lipinski definition) is 2. The number of H-pyrrole nitrogens is 1. The van der Waals surface area contributed by atoms with Crippen LogP contribution in [0.5, 0.6) is 0 Å². The first kappa shape index (κ1) is 22.0. The molecular formula is C23H26N4O4. The van der Waals surface area contributed by atoms with Gasteiger partial charge in [-0.3, -0.25) is 24.0 Å². The normalized spacial score (nSPS) is 10.8. The van der Waals surface area contributed by atoms with E-state index in [0.717, 1.165) is 16.7 Å². The van der Waals surface area contributed by atoms with Crippen LogP contribution < -0.4 is 21.9 Å². The van der Waals surface area contributed by atoms with Gasteiger partial charge in [-0.05, 0) is 36.6 Å². The van der Waals surface area contributed by atoms with E-state index in [9.17, 15) is 14.4 Å². The van der Waals surface area contributed by atoms with Gasteiger partial charge in [0, 0.05) is 19.2 Å². The molecule has 0 radical (unpaired) electrons. The number of carbonyl (C=O) groups excluding carboxylic acids is 1. The lowest BCUT2D eigenvalue weighted by Crippen LogP contribution is -2.42. The lowest BCUT2D eigenvalue weighted by Gasteiger charge is -2.25. The molecule has 0 aliphatic heterocycles. The van der Waals surface area contributed by atoms with E-state index >= 15 is 0 Å². The van der Waals surface area contributed by atoms with Crippen LogP contribution in [0.15, 0.2) is 58.1 Å². The summed E-state index contributed by atoms with van der Waals surface area (Å²) >= 11 is 0. The lowest BCUT2D eigenvalue weighted by molar-refractivity contribution is 0.0975. The molecule has 3 rings (SSSR count). The van der Waals surface area contributed by atoms with Gasteiger partial charge in [-0.2, -0.15) is 0 Å². The van der Waals surface area contributed by atoms with Crippen LogP contribution in [-0.2, 0) is 11.3 Å². The maximum absolute atomic E-state index is 13.5. The Balaban J connectivity index is 2.14. The van der Waals surface area contributed by atoms with Gasteiger partial charge in [0.1, 0.15) is 5.82 Å². The summed E-state index contributed by atoms with van der Waals surface area (Å²) in [5.41, 5.74) is 7.91. The van der Waals surface area contributed by atoms with E-state index in [2.05, 4.69) is 4.98 Å². The van der Waals surface area contributed by atoms with Crippen molar-refractivity contribution in [2.75, 3.05) is 30.9 Å². The maximum Gasteiger partial charge on any atom is 0.330 e. The molecule has 1 amide bonds. The van der Waals surface area contributed by atoms with Crippen molar-refractivity contribution >= 4 is 17.4 Å². The molecule has 0 aliphatic carbocycles. The molecule has 0 bridgehead atoms. The second-order valence-corrected chi connectivity index (χ2v) is 7.26. The van der Waals surface area contributed by atoms with Crippen molar-refractivity contribution in [1.82, 2.24) is 9.55 Å². The summed E-state index contributed by atoms with van der Waals surface area (Å²) in [7, 11) is 1.50. The first-order valence-corrected chi connectivity index (χ1v) is 9.88. The molecule has 0 atom stereocenters. The van der Waals surface area contributed by atoms with Crippen molar-refractivity contribution in [2.24, 2.45) is 0 Å².